The first kappa shape index (κ1) is 16.5. The molecule has 3 rings (SSSR count). The average molecular weight is 320 g/mol. The number of methoxy groups -OCH3 is 1. The van der Waals surface area contributed by atoms with E-state index in [9.17, 15) is 4.79 Å². The molecule has 0 bridgehead atoms. The summed E-state index contributed by atoms with van der Waals surface area (Å²) in [5.74, 6) is 1.74. The van der Waals surface area contributed by atoms with E-state index in [-0.39, 0.29) is 12.0 Å². The molecule has 128 valence electrons. The summed E-state index contributed by atoms with van der Waals surface area (Å²) in [4.78, 5) is 14.9. The SMILES string of the molecule is COC1CN(C(=O)C2CCCCCC2)CC1Cc1cc(C)no1. The molecule has 1 aliphatic carbocycles. The fourth-order valence-electron chi connectivity index (χ4n) is 4.04. The number of carbonyl (C=O) groups excluding carboxylic acids is 1. The van der Waals surface area contributed by atoms with Crippen LogP contribution < -0.4 is 0 Å². The average Bonchev–Trinajstić information content (AvgIpc) is 3.03. The molecule has 1 aliphatic heterocycles. The zero-order chi connectivity index (χ0) is 16.2. The number of amides is 1. The molecule has 0 spiro atoms. The molecule has 5 heteroatoms. The van der Waals surface area contributed by atoms with Crippen molar-refractivity contribution in [3.8, 4) is 0 Å². The smallest absolute Gasteiger partial charge is 0.225 e. The molecular formula is C18H28N2O3. The van der Waals surface area contributed by atoms with Crippen LogP contribution in [0.25, 0.3) is 0 Å². The first-order chi connectivity index (χ1) is 11.2. The van der Waals surface area contributed by atoms with Crippen molar-refractivity contribution in [1.29, 1.82) is 0 Å². The largest absolute Gasteiger partial charge is 0.379 e. The Balaban J connectivity index is 1.62. The van der Waals surface area contributed by atoms with Gasteiger partial charge < -0.3 is 14.2 Å². The van der Waals surface area contributed by atoms with Gasteiger partial charge in [-0.3, -0.25) is 4.79 Å². The number of aryl methyl sites for hydroxylation is 1. The Labute approximate surface area is 138 Å². The van der Waals surface area contributed by atoms with Gasteiger partial charge in [-0.25, -0.2) is 0 Å². The summed E-state index contributed by atoms with van der Waals surface area (Å²) in [6.45, 7) is 3.41. The molecule has 0 N–H and O–H groups in total. The van der Waals surface area contributed by atoms with Crippen molar-refractivity contribution in [2.24, 2.45) is 11.8 Å². The van der Waals surface area contributed by atoms with Crippen molar-refractivity contribution in [1.82, 2.24) is 10.1 Å². The molecule has 2 unspecified atom stereocenters. The predicted octanol–water partition coefficient (Wildman–Crippen LogP) is 2.97. The Morgan fingerprint density at radius 2 is 2.04 bits per heavy atom. The van der Waals surface area contributed by atoms with Crippen molar-refractivity contribution in [3.63, 3.8) is 0 Å². The second kappa shape index (κ2) is 7.47. The second-order valence-corrected chi connectivity index (χ2v) is 7.10. The van der Waals surface area contributed by atoms with E-state index in [1.165, 1.54) is 25.7 Å². The summed E-state index contributed by atoms with van der Waals surface area (Å²) in [5.41, 5.74) is 0.901. The third-order valence-corrected chi connectivity index (χ3v) is 5.34. The molecular weight excluding hydrogens is 292 g/mol. The van der Waals surface area contributed by atoms with Crippen LogP contribution in [0.2, 0.25) is 0 Å². The summed E-state index contributed by atoms with van der Waals surface area (Å²) in [6, 6.07) is 1.97. The number of likely N-dealkylation sites (tertiary alicyclic amines) is 1. The van der Waals surface area contributed by atoms with Gasteiger partial charge in [-0.1, -0.05) is 30.8 Å². The first-order valence-electron chi connectivity index (χ1n) is 8.91. The van der Waals surface area contributed by atoms with Crippen LogP contribution in [0.4, 0.5) is 0 Å². The molecule has 2 fully saturated rings. The van der Waals surface area contributed by atoms with Crippen LogP contribution in [-0.2, 0) is 16.0 Å². The van der Waals surface area contributed by atoms with Crippen LogP contribution in [0.3, 0.4) is 0 Å². The minimum atomic E-state index is 0.0927. The summed E-state index contributed by atoms with van der Waals surface area (Å²) >= 11 is 0. The number of carbonyl (C=O) groups is 1. The quantitative estimate of drug-likeness (QED) is 0.800. The maximum atomic E-state index is 12.9. The lowest BCUT2D eigenvalue weighted by Crippen LogP contribution is -2.35. The lowest BCUT2D eigenvalue weighted by molar-refractivity contribution is -0.135. The predicted molar refractivity (Wildman–Crippen MR) is 87.0 cm³/mol. The Morgan fingerprint density at radius 1 is 1.30 bits per heavy atom. The van der Waals surface area contributed by atoms with Gasteiger partial charge in [0.25, 0.3) is 0 Å². The van der Waals surface area contributed by atoms with E-state index in [0.29, 0.717) is 18.4 Å². The van der Waals surface area contributed by atoms with Crippen LogP contribution in [-0.4, -0.2) is 42.3 Å². The number of rotatable bonds is 4. The highest BCUT2D eigenvalue weighted by atomic mass is 16.5. The van der Waals surface area contributed by atoms with Crippen LogP contribution in [0, 0.1) is 18.8 Å². The molecule has 1 saturated heterocycles. The fourth-order valence-corrected chi connectivity index (χ4v) is 4.04. The van der Waals surface area contributed by atoms with Crippen molar-refractivity contribution in [2.75, 3.05) is 20.2 Å². The van der Waals surface area contributed by atoms with Crippen molar-refractivity contribution < 1.29 is 14.1 Å². The van der Waals surface area contributed by atoms with E-state index in [2.05, 4.69) is 5.16 Å². The molecule has 2 heterocycles. The van der Waals surface area contributed by atoms with Gasteiger partial charge in [0.15, 0.2) is 0 Å². The van der Waals surface area contributed by atoms with Crippen molar-refractivity contribution in [3.05, 3.63) is 17.5 Å². The van der Waals surface area contributed by atoms with Crippen molar-refractivity contribution in [2.45, 2.75) is 58.0 Å². The molecule has 1 saturated carbocycles. The molecule has 2 atom stereocenters. The van der Waals surface area contributed by atoms with Crippen LogP contribution in [0.5, 0.6) is 0 Å². The Hall–Kier alpha value is -1.36. The lowest BCUT2D eigenvalue weighted by Gasteiger charge is -2.22. The number of nitrogens with zero attached hydrogens (tertiary/aromatic N) is 2. The molecule has 2 aliphatic rings. The topological polar surface area (TPSA) is 55.6 Å². The third-order valence-electron chi connectivity index (χ3n) is 5.34. The maximum absolute atomic E-state index is 12.9. The summed E-state index contributed by atoms with van der Waals surface area (Å²) in [6.07, 6.45) is 7.93. The Morgan fingerprint density at radius 3 is 2.65 bits per heavy atom. The highest BCUT2D eigenvalue weighted by Crippen LogP contribution is 2.29. The minimum Gasteiger partial charge on any atom is -0.379 e. The van der Waals surface area contributed by atoms with E-state index in [0.717, 1.165) is 37.3 Å². The molecule has 5 nitrogen and oxygen atoms in total. The standard InChI is InChI=1S/C18H28N2O3/c1-13-9-16(23-19-13)10-15-11-20(12-17(15)22-2)18(21)14-7-5-3-4-6-8-14/h9,14-15,17H,3-8,10-12H2,1-2H3. The van der Waals surface area contributed by atoms with E-state index < -0.39 is 0 Å². The zero-order valence-electron chi connectivity index (χ0n) is 14.3. The summed E-state index contributed by atoms with van der Waals surface area (Å²) < 4.78 is 11.0. The van der Waals surface area contributed by atoms with Gasteiger partial charge in [-0.15, -0.1) is 0 Å². The monoisotopic (exact) mass is 320 g/mol. The van der Waals surface area contributed by atoms with Crippen LogP contribution in [0.15, 0.2) is 10.6 Å². The highest BCUT2D eigenvalue weighted by Gasteiger charge is 2.38. The maximum Gasteiger partial charge on any atom is 0.225 e. The highest BCUT2D eigenvalue weighted by molar-refractivity contribution is 5.79. The molecule has 1 amide bonds. The number of hydrogen-bond donors (Lipinski definition) is 0. The number of ether oxygens (including phenoxy) is 1. The summed E-state index contributed by atoms with van der Waals surface area (Å²) in [5, 5.41) is 3.95. The van der Waals surface area contributed by atoms with Gasteiger partial charge in [-0.2, -0.15) is 0 Å². The van der Waals surface area contributed by atoms with Gasteiger partial charge >= 0.3 is 0 Å². The van der Waals surface area contributed by atoms with E-state index in [1.54, 1.807) is 7.11 Å². The summed E-state index contributed by atoms with van der Waals surface area (Å²) in [7, 11) is 1.74. The van der Waals surface area contributed by atoms with Gasteiger partial charge in [0.2, 0.25) is 5.91 Å². The van der Waals surface area contributed by atoms with Crippen LogP contribution >= 0.6 is 0 Å². The van der Waals surface area contributed by atoms with E-state index in [1.807, 2.05) is 17.9 Å². The fraction of sp³-hybridized carbons (Fsp3) is 0.778. The number of hydrogen-bond acceptors (Lipinski definition) is 4. The van der Waals surface area contributed by atoms with Gasteiger partial charge in [0.05, 0.1) is 11.8 Å². The van der Waals surface area contributed by atoms with Gasteiger partial charge in [0, 0.05) is 44.5 Å². The Kier molecular flexibility index (Phi) is 5.36. The third kappa shape index (κ3) is 3.94. The van der Waals surface area contributed by atoms with Gasteiger partial charge in [-0.05, 0) is 19.8 Å². The molecule has 23 heavy (non-hydrogen) atoms. The van der Waals surface area contributed by atoms with Crippen molar-refractivity contribution >= 4 is 5.91 Å². The van der Waals surface area contributed by atoms with E-state index >= 15 is 0 Å². The molecule has 1 aromatic heterocycles. The second-order valence-electron chi connectivity index (χ2n) is 7.10. The normalized spacial score (nSPS) is 26.4. The molecule has 1 aromatic rings. The minimum absolute atomic E-state index is 0.0927. The first-order valence-corrected chi connectivity index (χ1v) is 8.91. The Bertz CT molecular complexity index is 520. The van der Waals surface area contributed by atoms with Crippen LogP contribution in [0.1, 0.15) is 50.0 Å². The number of aromatic nitrogens is 1. The van der Waals surface area contributed by atoms with E-state index in [4.69, 9.17) is 9.26 Å². The zero-order valence-corrected chi connectivity index (χ0v) is 14.3. The molecule has 0 radical (unpaired) electrons. The lowest BCUT2D eigenvalue weighted by atomic mass is 9.98. The molecule has 0 aromatic carbocycles. The van der Waals surface area contributed by atoms with Gasteiger partial charge in [0.1, 0.15) is 5.76 Å².